The molecule has 0 saturated carbocycles. The molecule has 0 aliphatic carbocycles. The lowest BCUT2D eigenvalue weighted by molar-refractivity contribution is -0.137. The summed E-state index contributed by atoms with van der Waals surface area (Å²) in [5.74, 6) is 0.537. The van der Waals surface area contributed by atoms with Crippen molar-refractivity contribution in [2.75, 3.05) is 13.1 Å². The van der Waals surface area contributed by atoms with Crippen LogP contribution in [0, 0.1) is 0 Å². The van der Waals surface area contributed by atoms with E-state index in [1.54, 1.807) is 35.3 Å². The van der Waals surface area contributed by atoms with Gasteiger partial charge in [-0.15, -0.1) is 10.2 Å². The summed E-state index contributed by atoms with van der Waals surface area (Å²) in [5, 5.41) is 12.2. The molecule has 2 aromatic heterocycles. The summed E-state index contributed by atoms with van der Waals surface area (Å²) in [6, 6.07) is 9.35. The molecule has 1 aliphatic heterocycles. The van der Waals surface area contributed by atoms with Gasteiger partial charge in [0.2, 0.25) is 15.9 Å². The van der Waals surface area contributed by atoms with Crippen molar-refractivity contribution in [3.05, 3.63) is 66.0 Å². The molecule has 0 amide bonds. The molecule has 0 atom stereocenters. The number of hydrogen-bond acceptors (Lipinski definition) is 6. The molecule has 4 rings (SSSR count). The highest BCUT2D eigenvalue weighted by Crippen LogP contribution is 2.29. The van der Waals surface area contributed by atoms with Crippen molar-refractivity contribution in [2.24, 2.45) is 0 Å². The maximum absolute atomic E-state index is 12.7. The van der Waals surface area contributed by atoms with Crippen LogP contribution in [0.2, 0.25) is 0 Å². The number of nitrogens with zero attached hydrogens (tertiary/aromatic N) is 5. The lowest BCUT2D eigenvalue weighted by Crippen LogP contribution is -2.42. The van der Waals surface area contributed by atoms with Gasteiger partial charge in [-0.3, -0.25) is 0 Å². The van der Waals surface area contributed by atoms with Crippen molar-refractivity contribution < 1.29 is 26.3 Å². The third-order valence-electron chi connectivity index (χ3n) is 5.08. The number of sulfonamides is 1. The maximum atomic E-state index is 12.7. The van der Waals surface area contributed by atoms with Gasteiger partial charge in [0.1, 0.15) is 6.10 Å². The summed E-state index contributed by atoms with van der Waals surface area (Å²) in [7, 11) is -3.65. The second-order valence-corrected chi connectivity index (χ2v) is 9.32. The van der Waals surface area contributed by atoms with Gasteiger partial charge in [-0.05, 0) is 42.7 Å². The highest BCUT2D eigenvalue weighted by molar-refractivity contribution is 7.88. The zero-order valence-corrected chi connectivity index (χ0v) is 17.6. The van der Waals surface area contributed by atoms with Crippen LogP contribution < -0.4 is 4.74 Å². The number of halogens is 3. The maximum Gasteiger partial charge on any atom is 0.416 e. The van der Waals surface area contributed by atoms with Crippen LogP contribution in [0.3, 0.4) is 0 Å². The fourth-order valence-electron chi connectivity index (χ4n) is 3.39. The second-order valence-electron chi connectivity index (χ2n) is 7.35. The Labute approximate surface area is 182 Å². The monoisotopic (exact) mass is 467 g/mol. The van der Waals surface area contributed by atoms with Crippen LogP contribution in [0.4, 0.5) is 13.2 Å². The number of aromatic nitrogens is 4. The van der Waals surface area contributed by atoms with Crippen LogP contribution in [0.15, 0.2) is 54.9 Å². The average molecular weight is 467 g/mol. The van der Waals surface area contributed by atoms with Crippen LogP contribution in [0.5, 0.6) is 5.88 Å². The third kappa shape index (κ3) is 5.25. The summed E-state index contributed by atoms with van der Waals surface area (Å²) in [6.45, 7) is 0.513. The van der Waals surface area contributed by atoms with Crippen molar-refractivity contribution >= 4 is 10.0 Å². The molecule has 1 fully saturated rings. The van der Waals surface area contributed by atoms with Gasteiger partial charge in [0.25, 0.3) is 0 Å². The van der Waals surface area contributed by atoms with Crippen molar-refractivity contribution in [2.45, 2.75) is 30.9 Å². The van der Waals surface area contributed by atoms with Crippen molar-refractivity contribution in [3.63, 3.8) is 0 Å². The fraction of sp³-hybridized carbons (Fsp3) is 0.350. The Balaban J connectivity index is 1.30. The summed E-state index contributed by atoms with van der Waals surface area (Å²) < 4.78 is 72.1. The molecule has 32 heavy (non-hydrogen) atoms. The largest absolute Gasteiger partial charge is 0.473 e. The molecule has 1 aromatic carbocycles. The molecule has 12 heteroatoms. The zero-order valence-electron chi connectivity index (χ0n) is 16.8. The van der Waals surface area contributed by atoms with E-state index in [1.165, 1.54) is 16.4 Å². The van der Waals surface area contributed by atoms with Gasteiger partial charge in [0.15, 0.2) is 5.82 Å². The van der Waals surface area contributed by atoms with Gasteiger partial charge < -0.3 is 4.74 Å². The van der Waals surface area contributed by atoms with E-state index >= 15 is 0 Å². The van der Waals surface area contributed by atoms with E-state index in [-0.39, 0.29) is 24.9 Å². The van der Waals surface area contributed by atoms with Gasteiger partial charge >= 0.3 is 6.18 Å². The zero-order chi connectivity index (χ0) is 22.8. The minimum absolute atomic E-state index is 0.211. The fourth-order valence-corrected chi connectivity index (χ4v) is 4.96. The molecule has 1 saturated heterocycles. The molecule has 0 radical (unpaired) electrons. The van der Waals surface area contributed by atoms with E-state index < -0.39 is 21.8 Å². The van der Waals surface area contributed by atoms with E-state index in [2.05, 4.69) is 15.3 Å². The van der Waals surface area contributed by atoms with Crippen LogP contribution in [0.25, 0.3) is 5.82 Å². The molecular weight excluding hydrogens is 447 g/mol. The molecular formula is C20H20F3N5O3S. The first-order valence-corrected chi connectivity index (χ1v) is 11.5. The number of alkyl halides is 3. The first-order chi connectivity index (χ1) is 15.2. The SMILES string of the molecule is O=S(=O)(Cc1ccc(C(F)(F)F)cc1)N1CCC(Oc2ccc(-n3cccn3)nn2)CC1. The standard InChI is InChI=1S/C20H20F3N5O3S/c21-20(22,23)16-4-2-15(3-5-16)14-32(29,30)27-12-8-17(9-13-27)31-19-7-6-18(25-26-19)28-11-1-10-24-28/h1-7,10-11,17H,8-9,12-14H2. The van der Waals surface area contributed by atoms with Crippen LogP contribution in [0.1, 0.15) is 24.0 Å². The van der Waals surface area contributed by atoms with Crippen LogP contribution in [-0.4, -0.2) is 51.9 Å². The Hall–Kier alpha value is -2.99. The first-order valence-electron chi connectivity index (χ1n) is 9.85. The van der Waals surface area contributed by atoms with E-state index in [0.717, 1.165) is 12.1 Å². The van der Waals surface area contributed by atoms with Crippen molar-refractivity contribution in [3.8, 4) is 11.7 Å². The molecule has 0 unspecified atom stereocenters. The Morgan fingerprint density at radius 1 is 1.03 bits per heavy atom. The first kappa shape index (κ1) is 22.2. The quantitative estimate of drug-likeness (QED) is 0.554. The normalized spacial score (nSPS) is 16.2. The molecule has 3 heterocycles. The molecule has 0 spiro atoms. The van der Waals surface area contributed by atoms with Gasteiger partial charge in [-0.25, -0.2) is 17.4 Å². The van der Waals surface area contributed by atoms with E-state index in [0.29, 0.717) is 30.1 Å². The highest BCUT2D eigenvalue weighted by atomic mass is 32.2. The second kappa shape index (κ2) is 8.87. The van der Waals surface area contributed by atoms with Gasteiger partial charge in [0.05, 0.1) is 11.3 Å². The molecule has 0 N–H and O–H groups in total. The highest BCUT2D eigenvalue weighted by Gasteiger charge is 2.31. The Morgan fingerprint density at radius 2 is 1.75 bits per heavy atom. The molecule has 170 valence electrons. The van der Waals surface area contributed by atoms with Crippen LogP contribution in [-0.2, 0) is 22.0 Å². The van der Waals surface area contributed by atoms with E-state index in [9.17, 15) is 21.6 Å². The van der Waals surface area contributed by atoms with Crippen molar-refractivity contribution in [1.82, 2.24) is 24.3 Å². The number of rotatable bonds is 6. The van der Waals surface area contributed by atoms with Gasteiger partial charge in [-0.2, -0.15) is 18.3 Å². The Morgan fingerprint density at radius 3 is 2.31 bits per heavy atom. The predicted octanol–water partition coefficient (Wildman–Crippen LogP) is 3.05. The van der Waals surface area contributed by atoms with Gasteiger partial charge in [0, 0.05) is 31.5 Å². The number of hydrogen-bond donors (Lipinski definition) is 0. The summed E-state index contributed by atoms with van der Waals surface area (Å²) in [6.07, 6.45) is -0.360. The molecule has 8 nitrogen and oxygen atoms in total. The topological polar surface area (TPSA) is 90.2 Å². The molecule has 0 bridgehead atoms. The Kier molecular flexibility index (Phi) is 6.15. The summed E-state index contributed by atoms with van der Waals surface area (Å²) >= 11 is 0. The minimum Gasteiger partial charge on any atom is -0.473 e. The number of ether oxygens (including phenoxy) is 1. The number of piperidine rings is 1. The molecule has 3 aromatic rings. The lowest BCUT2D eigenvalue weighted by atomic mass is 10.1. The average Bonchev–Trinajstić information content (AvgIpc) is 3.29. The predicted molar refractivity (Wildman–Crippen MR) is 108 cm³/mol. The summed E-state index contributed by atoms with van der Waals surface area (Å²) in [4.78, 5) is 0. The summed E-state index contributed by atoms with van der Waals surface area (Å²) in [5.41, 5.74) is -0.499. The minimum atomic E-state index is -4.46. The smallest absolute Gasteiger partial charge is 0.416 e. The molecule has 1 aliphatic rings. The van der Waals surface area contributed by atoms with E-state index in [1.807, 2.05) is 0 Å². The van der Waals surface area contributed by atoms with E-state index in [4.69, 9.17) is 4.74 Å². The van der Waals surface area contributed by atoms with Crippen molar-refractivity contribution in [1.29, 1.82) is 0 Å². The number of benzene rings is 1. The third-order valence-corrected chi connectivity index (χ3v) is 6.93. The Bertz CT molecular complexity index is 1130. The van der Waals surface area contributed by atoms with Gasteiger partial charge in [-0.1, -0.05) is 12.1 Å². The van der Waals surface area contributed by atoms with Crippen LogP contribution >= 0.6 is 0 Å². The lowest BCUT2D eigenvalue weighted by Gasteiger charge is -2.31.